The zero-order valence-electron chi connectivity index (χ0n) is 12.5. The van der Waals surface area contributed by atoms with Gasteiger partial charge in [-0.25, -0.2) is 4.98 Å². The Morgan fingerprint density at radius 3 is 2.95 bits per heavy atom. The standard InChI is InChI=1S/C12H20N8S2/c1-8(2)18-11(17-7-13)16-3-4-21-5-9-6-22-12(19-9)20-10(14)15/h6,8H,3-5H2,1-2H3,(H2,16,17,18)(H4,14,15,19,20). The van der Waals surface area contributed by atoms with E-state index in [1.54, 1.807) is 11.8 Å². The van der Waals surface area contributed by atoms with Gasteiger partial charge in [0.25, 0.3) is 0 Å². The molecule has 0 aliphatic heterocycles. The maximum Gasteiger partial charge on any atom is 0.212 e. The molecule has 8 nitrogen and oxygen atoms in total. The number of nitrogens with two attached hydrogens (primary N) is 2. The van der Waals surface area contributed by atoms with Crippen molar-refractivity contribution in [2.75, 3.05) is 12.3 Å². The van der Waals surface area contributed by atoms with Crippen LogP contribution in [-0.4, -0.2) is 35.2 Å². The van der Waals surface area contributed by atoms with E-state index in [1.807, 2.05) is 25.4 Å². The number of aromatic nitrogens is 1. The fourth-order valence-electron chi connectivity index (χ4n) is 1.37. The van der Waals surface area contributed by atoms with Crippen LogP contribution in [0, 0.1) is 11.5 Å². The predicted molar refractivity (Wildman–Crippen MR) is 93.1 cm³/mol. The number of hydrogen-bond acceptors (Lipinski definition) is 6. The van der Waals surface area contributed by atoms with E-state index in [0.717, 1.165) is 17.2 Å². The van der Waals surface area contributed by atoms with Crippen molar-refractivity contribution in [3.63, 3.8) is 0 Å². The minimum absolute atomic E-state index is 0.0121. The molecule has 0 aromatic carbocycles. The minimum Gasteiger partial charge on any atom is -0.370 e. The molecule has 0 bridgehead atoms. The van der Waals surface area contributed by atoms with Crippen molar-refractivity contribution in [1.82, 2.24) is 15.6 Å². The highest BCUT2D eigenvalue weighted by molar-refractivity contribution is 7.98. The lowest BCUT2D eigenvalue weighted by atomic mass is 10.4. The van der Waals surface area contributed by atoms with E-state index in [2.05, 4.69) is 25.6 Å². The van der Waals surface area contributed by atoms with Crippen LogP contribution in [-0.2, 0) is 5.75 Å². The van der Waals surface area contributed by atoms with Gasteiger partial charge < -0.3 is 16.8 Å². The number of nitrogens with zero attached hydrogens (tertiary/aromatic N) is 4. The molecule has 1 aromatic rings. The molecule has 0 aliphatic rings. The molecule has 1 aromatic heterocycles. The molecular formula is C12H20N8S2. The first kappa shape index (κ1) is 18.1. The second-order valence-electron chi connectivity index (χ2n) is 4.48. The van der Waals surface area contributed by atoms with Crippen LogP contribution in [0.2, 0.25) is 0 Å². The molecule has 10 heteroatoms. The third-order valence-electron chi connectivity index (χ3n) is 2.12. The zero-order valence-corrected chi connectivity index (χ0v) is 14.2. The first-order valence-corrected chi connectivity index (χ1v) is 8.62. The number of thiazole rings is 1. The molecular weight excluding hydrogens is 320 g/mol. The Morgan fingerprint density at radius 2 is 2.32 bits per heavy atom. The average molecular weight is 340 g/mol. The van der Waals surface area contributed by atoms with Crippen molar-refractivity contribution < 1.29 is 0 Å². The largest absolute Gasteiger partial charge is 0.370 e. The molecule has 1 rings (SSSR count). The molecule has 0 saturated heterocycles. The van der Waals surface area contributed by atoms with E-state index >= 15 is 0 Å². The molecule has 0 amide bonds. The number of nitrogens with one attached hydrogen (secondary N) is 2. The van der Waals surface area contributed by atoms with Crippen LogP contribution in [0.3, 0.4) is 0 Å². The Kier molecular flexibility index (Phi) is 8.09. The van der Waals surface area contributed by atoms with Crippen molar-refractivity contribution in [1.29, 1.82) is 5.26 Å². The summed E-state index contributed by atoms with van der Waals surface area (Å²) >= 11 is 3.11. The van der Waals surface area contributed by atoms with Crippen molar-refractivity contribution in [2.45, 2.75) is 25.6 Å². The summed E-state index contributed by atoms with van der Waals surface area (Å²) in [6.07, 6.45) is 1.87. The summed E-state index contributed by atoms with van der Waals surface area (Å²) < 4.78 is 0. The van der Waals surface area contributed by atoms with E-state index in [0.29, 0.717) is 17.6 Å². The zero-order chi connectivity index (χ0) is 16.4. The van der Waals surface area contributed by atoms with E-state index in [9.17, 15) is 0 Å². The van der Waals surface area contributed by atoms with Crippen LogP contribution >= 0.6 is 23.1 Å². The van der Waals surface area contributed by atoms with E-state index in [-0.39, 0.29) is 12.0 Å². The molecule has 0 fully saturated rings. The predicted octanol–water partition coefficient (Wildman–Crippen LogP) is 0.706. The molecule has 0 spiro atoms. The minimum atomic E-state index is 0.0121. The van der Waals surface area contributed by atoms with Gasteiger partial charge in [-0.3, -0.25) is 10.3 Å². The fourth-order valence-corrected chi connectivity index (χ4v) is 2.90. The fraction of sp³-hybridized carbons (Fsp3) is 0.500. The first-order valence-electron chi connectivity index (χ1n) is 6.59. The first-order chi connectivity index (χ1) is 10.5. The highest BCUT2D eigenvalue weighted by Crippen LogP contribution is 2.21. The summed E-state index contributed by atoms with van der Waals surface area (Å²) in [5, 5.41) is 16.7. The van der Waals surface area contributed by atoms with Crippen molar-refractivity contribution >= 4 is 40.1 Å². The summed E-state index contributed by atoms with van der Waals surface area (Å²) in [7, 11) is 0. The maximum atomic E-state index is 8.64. The number of rotatable bonds is 7. The number of thioether (sulfide) groups is 1. The quantitative estimate of drug-likeness (QED) is 0.188. The number of aliphatic imine (C=N–C) groups is 2. The number of nitriles is 1. The number of guanidine groups is 2. The van der Waals surface area contributed by atoms with Gasteiger partial charge in [-0.2, -0.15) is 22.0 Å². The van der Waals surface area contributed by atoms with Gasteiger partial charge in [0.15, 0.2) is 12.2 Å². The summed E-state index contributed by atoms with van der Waals surface area (Å²) in [5.74, 6) is 2.11. The third-order valence-corrected chi connectivity index (χ3v) is 3.87. The summed E-state index contributed by atoms with van der Waals surface area (Å²) in [6, 6.07) is 0.219. The van der Waals surface area contributed by atoms with Gasteiger partial charge in [-0.1, -0.05) is 0 Å². The van der Waals surface area contributed by atoms with Crippen LogP contribution in [0.15, 0.2) is 15.4 Å². The van der Waals surface area contributed by atoms with Gasteiger partial charge in [0.05, 0.1) is 12.2 Å². The Labute approximate surface area is 138 Å². The van der Waals surface area contributed by atoms with Gasteiger partial charge >= 0.3 is 0 Å². The van der Waals surface area contributed by atoms with Crippen molar-refractivity contribution in [3.05, 3.63) is 11.1 Å². The Bertz CT molecular complexity index is 554. The highest BCUT2D eigenvalue weighted by Gasteiger charge is 2.02. The Hall–Kier alpha value is -1.99. The molecule has 0 unspecified atom stereocenters. The average Bonchev–Trinajstić information content (AvgIpc) is 2.84. The molecule has 1 heterocycles. The SMILES string of the molecule is CC(C)NC(=NCCSCc1csc(N=C(N)N)n1)NC#N. The third kappa shape index (κ3) is 7.70. The highest BCUT2D eigenvalue weighted by atomic mass is 32.2. The van der Waals surface area contributed by atoms with Crippen LogP contribution < -0.4 is 22.1 Å². The number of hydrogen-bond donors (Lipinski definition) is 4. The molecule has 0 saturated carbocycles. The van der Waals surface area contributed by atoms with Gasteiger partial charge in [-0.05, 0) is 13.8 Å². The molecule has 22 heavy (non-hydrogen) atoms. The lowest BCUT2D eigenvalue weighted by Gasteiger charge is -2.10. The molecule has 120 valence electrons. The maximum absolute atomic E-state index is 8.64. The van der Waals surface area contributed by atoms with Gasteiger partial charge in [-0.15, -0.1) is 11.3 Å². The van der Waals surface area contributed by atoms with E-state index in [4.69, 9.17) is 16.7 Å². The monoisotopic (exact) mass is 340 g/mol. The molecule has 0 aliphatic carbocycles. The van der Waals surface area contributed by atoms with E-state index < -0.39 is 0 Å². The van der Waals surface area contributed by atoms with Gasteiger partial charge in [0.1, 0.15) is 0 Å². The van der Waals surface area contributed by atoms with E-state index in [1.165, 1.54) is 11.3 Å². The normalized spacial score (nSPS) is 11.1. The molecule has 6 N–H and O–H groups in total. The van der Waals surface area contributed by atoms with Crippen LogP contribution in [0.25, 0.3) is 0 Å². The smallest absolute Gasteiger partial charge is 0.212 e. The summed E-state index contributed by atoms with van der Waals surface area (Å²) in [5.41, 5.74) is 11.5. The second-order valence-corrected chi connectivity index (χ2v) is 6.42. The lowest BCUT2D eigenvalue weighted by molar-refractivity contribution is 0.716. The molecule has 0 atom stereocenters. The van der Waals surface area contributed by atoms with Crippen LogP contribution in [0.5, 0.6) is 0 Å². The van der Waals surface area contributed by atoms with Crippen molar-refractivity contribution in [3.8, 4) is 6.19 Å². The lowest BCUT2D eigenvalue weighted by Crippen LogP contribution is -2.39. The summed E-state index contributed by atoms with van der Waals surface area (Å²) in [6.45, 7) is 4.58. The van der Waals surface area contributed by atoms with Gasteiger partial charge in [0, 0.05) is 22.9 Å². The molecule has 0 radical (unpaired) electrons. The van der Waals surface area contributed by atoms with Gasteiger partial charge in [0.2, 0.25) is 11.1 Å². The van der Waals surface area contributed by atoms with Crippen molar-refractivity contribution in [2.24, 2.45) is 21.5 Å². The Morgan fingerprint density at radius 1 is 1.55 bits per heavy atom. The second kappa shape index (κ2) is 9.86. The summed E-state index contributed by atoms with van der Waals surface area (Å²) in [4.78, 5) is 12.5. The van der Waals surface area contributed by atoms with Crippen LogP contribution in [0.4, 0.5) is 5.13 Å². The van der Waals surface area contributed by atoms with Crippen LogP contribution in [0.1, 0.15) is 19.5 Å². The topological polar surface area (TPSA) is 138 Å². The Balaban J connectivity index is 2.33.